The van der Waals surface area contributed by atoms with Gasteiger partial charge in [0, 0.05) is 5.41 Å². The summed E-state index contributed by atoms with van der Waals surface area (Å²) in [6.45, 7) is 5.97. The van der Waals surface area contributed by atoms with Crippen molar-refractivity contribution in [3.63, 3.8) is 0 Å². The second-order valence-corrected chi connectivity index (χ2v) is 4.92. The normalized spacial score (nSPS) is 11.2. The van der Waals surface area contributed by atoms with Gasteiger partial charge < -0.3 is 10.2 Å². The number of hydrogen-bond acceptors (Lipinski definition) is 2. The summed E-state index contributed by atoms with van der Waals surface area (Å²) in [6, 6.07) is 14.5. The molecule has 2 nitrogen and oxygen atoms in total. The zero-order chi connectivity index (χ0) is 13.9. The minimum absolute atomic E-state index is 0.219. The smallest absolute Gasteiger partial charge is 0.115 e. The van der Waals surface area contributed by atoms with E-state index >= 15 is 0 Å². The molecule has 98 valence electrons. The highest BCUT2D eigenvalue weighted by atomic mass is 16.3. The Kier molecular flexibility index (Phi) is 3.61. The standard InChI is InChI=1S/C17H18O2/c1-3-12-17(2,13-4-8-15(18)9-5-13)14-6-10-16(19)11-7-14/h3-11,18-19H,1,12H2,2H3. The van der Waals surface area contributed by atoms with Crippen LogP contribution in [0.3, 0.4) is 0 Å². The van der Waals surface area contributed by atoms with E-state index in [0.717, 1.165) is 17.5 Å². The molecule has 0 amide bonds. The van der Waals surface area contributed by atoms with Crippen LogP contribution >= 0.6 is 0 Å². The lowest BCUT2D eigenvalue weighted by Gasteiger charge is -2.30. The van der Waals surface area contributed by atoms with Gasteiger partial charge in [0.25, 0.3) is 0 Å². The van der Waals surface area contributed by atoms with Gasteiger partial charge in [-0.2, -0.15) is 0 Å². The van der Waals surface area contributed by atoms with Crippen LogP contribution in [0, 0.1) is 0 Å². The van der Waals surface area contributed by atoms with E-state index < -0.39 is 0 Å². The molecular formula is C17H18O2. The molecule has 2 aromatic rings. The fourth-order valence-electron chi connectivity index (χ4n) is 2.35. The predicted octanol–water partition coefficient (Wildman–Crippen LogP) is 3.98. The van der Waals surface area contributed by atoms with Crippen LogP contribution in [0.1, 0.15) is 24.5 Å². The van der Waals surface area contributed by atoms with Crippen LogP contribution < -0.4 is 0 Å². The number of aromatic hydroxyl groups is 2. The van der Waals surface area contributed by atoms with Crippen molar-refractivity contribution in [2.45, 2.75) is 18.8 Å². The first-order valence-electron chi connectivity index (χ1n) is 6.26. The van der Waals surface area contributed by atoms with Gasteiger partial charge in [-0.15, -0.1) is 6.58 Å². The van der Waals surface area contributed by atoms with Gasteiger partial charge in [0.2, 0.25) is 0 Å². The molecular weight excluding hydrogens is 236 g/mol. The molecule has 0 aromatic heterocycles. The highest BCUT2D eigenvalue weighted by Crippen LogP contribution is 2.36. The Morgan fingerprint density at radius 3 is 1.58 bits per heavy atom. The first kappa shape index (κ1) is 13.2. The molecule has 2 rings (SSSR count). The number of rotatable bonds is 4. The zero-order valence-electron chi connectivity index (χ0n) is 11.0. The molecule has 2 heteroatoms. The van der Waals surface area contributed by atoms with E-state index in [0.29, 0.717) is 0 Å². The summed E-state index contributed by atoms with van der Waals surface area (Å²) in [5, 5.41) is 18.8. The zero-order valence-corrected chi connectivity index (χ0v) is 11.0. The molecule has 2 aromatic carbocycles. The van der Waals surface area contributed by atoms with Gasteiger partial charge in [0.1, 0.15) is 11.5 Å². The molecule has 0 aliphatic heterocycles. The lowest BCUT2D eigenvalue weighted by atomic mass is 9.74. The van der Waals surface area contributed by atoms with Crippen molar-refractivity contribution in [2.24, 2.45) is 0 Å². The van der Waals surface area contributed by atoms with E-state index in [-0.39, 0.29) is 16.9 Å². The number of benzene rings is 2. The summed E-state index contributed by atoms with van der Waals surface area (Å²) < 4.78 is 0. The molecule has 0 atom stereocenters. The SMILES string of the molecule is C=CCC(C)(c1ccc(O)cc1)c1ccc(O)cc1. The third-order valence-corrected chi connectivity index (χ3v) is 3.56. The van der Waals surface area contributed by atoms with Crippen LogP contribution in [-0.2, 0) is 5.41 Å². The van der Waals surface area contributed by atoms with Crippen molar-refractivity contribution >= 4 is 0 Å². The third-order valence-electron chi connectivity index (χ3n) is 3.56. The summed E-state index contributed by atoms with van der Waals surface area (Å²) in [4.78, 5) is 0. The second kappa shape index (κ2) is 5.19. The molecule has 0 aliphatic rings. The molecule has 0 heterocycles. The Morgan fingerprint density at radius 1 is 0.895 bits per heavy atom. The maximum Gasteiger partial charge on any atom is 0.115 e. The lowest BCUT2D eigenvalue weighted by molar-refractivity contribution is 0.473. The van der Waals surface area contributed by atoms with Crippen LogP contribution in [0.15, 0.2) is 61.2 Å². The largest absolute Gasteiger partial charge is 0.508 e. The highest BCUT2D eigenvalue weighted by Gasteiger charge is 2.27. The summed E-state index contributed by atoms with van der Waals surface area (Å²) in [5.41, 5.74) is 2.00. The second-order valence-electron chi connectivity index (χ2n) is 4.92. The van der Waals surface area contributed by atoms with Gasteiger partial charge in [0.05, 0.1) is 0 Å². The van der Waals surface area contributed by atoms with E-state index in [9.17, 15) is 10.2 Å². The quantitative estimate of drug-likeness (QED) is 0.810. The van der Waals surface area contributed by atoms with Gasteiger partial charge in [-0.05, 0) is 41.8 Å². The van der Waals surface area contributed by atoms with E-state index in [2.05, 4.69) is 13.5 Å². The maximum absolute atomic E-state index is 9.41. The average Bonchev–Trinajstić information content (AvgIpc) is 2.40. The fourth-order valence-corrected chi connectivity index (χ4v) is 2.35. The first-order chi connectivity index (χ1) is 9.06. The van der Waals surface area contributed by atoms with Gasteiger partial charge in [-0.25, -0.2) is 0 Å². The molecule has 0 unspecified atom stereocenters. The van der Waals surface area contributed by atoms with E-state index in [1.807, 2.05) is 30.3 Å². The Hall–Kier alpha value is -2.22. The van der Waals surface area contributed by atoms with Crippen LogP contribution in [0.2, 0.25) is 0 Å². The van der Waals surface area contributed by atoms with E-state index in [1.165, 1.54) is 0 Å². The Balaban J connectivity index is 2.50. The Morgan fingerprint density at radius 2 is 1.26 bits per heavy atom. The lowest BCUT2D eigenvalue weighted by Crippen LogP contribution is -2.22. The van der Waals surface area contributed by atoms with Gasteiger partial charge >= 0.3 is 0 Å². The number of phenolic OH excluding ortho intramolecular Hbond substituents is 2. The van der Waals surface area contributed by atoms with Crippen LogP contribution in [-0.4, -0.2) is 10.2 Å². The molecule has 0 saturated heterocycles. The fraction of sp³-hybridized carbons (Fsp3) is 0.176. The topological polar surface area (TPSA) is 40.5 Å². The molecule has 0 spiro atoms. The molecule has 0 fully saturated rings. The molecule has 0 radical (unpaired) electrons. The molecule has 2 N–H and O–H groups in total. The molecule has 19 heavy (non-hydrogen) atoms. The minimum atomic E-state index is -0.219. The van der Waals surface area contributed by atoms with Crippen molar-refractivity contribution in [3.05, 3.63) is 72.3 Å². The third kappa shape index (κ3) is 2.63. The van der Waals surface area contributed by atoms with E-state index in [1.54, 1.807) is 24.3 Å². The minimum Gasteiger partial charge on any atom is -0.508 e. The molecule has 0 aliphatic carbocycles. The highest BCUT2D eigenvalue weighted by molar-refractivity contribution is 5.42. The van der Waals surface area contributed by atoms with Crippen molar-refractivity contribution in [3.8, 4) is 11.5 Å². The van der Waals surface area contributed by atoms with Crippen LogP contribution in [0.4, 0.5) is 0 Å². The molecule has 0 saturated carbocycles. The Bertz CT molecular complexity index is 507. The summed E-state index contributed by atoms with van der Waals surface area (Å²) >= 11 is 0. The number of allylic oxidation sites excluding steroid dienone is 1. The monoisotopic (exact) mass is 254 g/mol. The maximum atomic E-state index is 9.41. The van der Waals surface area contributed by atoms with Crippen LogP contribution in [0.5, 0.6) is 11.5 Å². The van der Waals surface area contributed by atoms with Gasteiger partial charge in [-0.3, -0.25) is 0 Å². The Labute approximate surface area is 113 Å². The first-order valence-corrected chi connectivity index (χ1v) is 6.26. The van der Waals surface area contributed by atoms with Gasteiger partial charge in [-0.1, -0.05) is 37.3 Å². The summed E-state index contributed by atoms with van der Waals surface area (Å²) in [5.74, 6) is 0.519. The molecule has 0 bridgehead atoms. The van der Waals surface area contributed by atoms with Crippen molar-refractivity contribution in [1.29, 1.82) is 0 Å². The summed E-state index contributed by atoms with van der Waals surface area (Å²) in [6.07, 6.45) is 2.67. The summed E-state index contributed by atoms with van der Waals surface area (Å²) in [7, 11) is 0. The van der Waals surface area contributed by atoms with Crippen molar-refractivity contribution in [2.75, 3.05) is 0 Å². The van der Waals surface area contributed by atoms with Crippen LogP contribution in [0.25, 0.3) is 0 Å². The predicted molar refractivity (Wildman–Crippen MR) is 77.5 cm³/mol. The van der Waals surface area contributed by atoms with E-state index in [4.69, 9.17) is 0 Å². The van der Waals surface area contributed by atoms with Crippen molar-refractivity contribution < 1.29 is 10.2 Å². The van der Waals surface area contributed by atoms with Crippen molar-refractivity contribution in [1.82, 2.24) is 0 Å². The number of hydrogen-bond donors (Lipinski definition) is 2. The van der Waals surface area contributed by atoms with Gasteiger partial charge in [0.15, 0.2) is 0 Å². The number of phenols is 2. The average molecular weight is 254 g/mol.